The van der Waals surface area contributed by atoms with Gasteiger partial charge in [-0.3, -0.25) is 4.90 Å². The van der Waals surface area contributed by atoms with Crippen LogP contribution in [0.1, 0.15) is 42.9 Å². The maximum Gasteiger partial charge on any atom is 0.0991 e. The fourth-order valence-electron chi connectivity index (χ4n) is 2.40. The molecule has 1 aromatic carbocycles. The molecule has 0 N–H and O–H groups in total. The quantitative estimate of drug-likeness (QED) is 0.763. The molecule has 18 heavy (non-hydrogen) atoms. The van der Waals surface area contributed by atoms with Crippen molar-refractivity contribution in [3.05, 3.63) is 34.9 Å². The predicted molar refractivity (Wildman–Crippen MR) is 74.2 cm³/mol. The van der Waals surface area contributed by atoms with E-state index in [4.69, 9.17) is 5.26 Å². The van der Waals surface area contributed by atoms with Crippen molar-refractivity contribution in [3.8, 4) is 6.07 Å². The highest BCUT2D eigenvalue weighted by molar-refractivity contribution is 5.37. The summed E-state index contributed by atoms with van der Waals surface area (Å²) in [5.41, 5.74) is 3.37. The summed E-state index contributed by atoms with van der Waals surface area (Å²) in [6.45, 7) is 7.80. The van der Waals surface area contributed by atoms with E-state index in [9.17, 15) is 0 Å². The molecular formula is C16H22N2. The van der Waals surface area contributed by atoms with Crippen LogP contribution in [0.4, 0.5) is 0 Å². The van der Waals surface area contributed by atoms with Crippen molar-refractivity contribution >= 4 is 0 Å². The average Bonchev–Trinajstić information content (AvgIpc) is 3.16. The van der Waals surface area contributed by atoms with Gasteiger partial charge >= 0.3 is 0 Å². The molecule has 1 aromatic rings. The highest BCUT2D eigenvalue weighted by Crippen LogP contribution is 2.30. The lowest BCUT2D eigenvalue weighted by molar-refractivity contribution is 0.254. The maximum atomic E-state index is 8.89. The monoisotopic (exact) mass is 242 g/mol. The Balaban J connectivity index is 2.03. The van der Waals surface area contributed by atoms with E-state index in [-0.39, 0.29) is 0 Å². The van der Waals surface area contributed by atoms with Crippen molar-refractivity contribution in [1.29, 1.82) is 5.26 Å². The van der Waals surface area contributed by atoms with E-state index in [1.165, 1.54) is 43.5 Å². The van der Waals surface area contributed by atoms with Gasteiger partial charge in [0.1, 0.15) is 0 Å². The van der Waals surface area contributed by atoms with Gasteiger partial charge in [0.05, 0.1) is 11.6 Å². The molecule has 2 heteroatoms. The standard InChI is InChI=1S/C16H22N2/c1-3-8-18(11-14-4-5-14)12-16-7-6-15(10-17)9-13(16)2/h6-7,9,14H,3-5,8,11-12H2,1-2H3. The number of benzene rings is 1. The third kappa shape index (κ3) is 3.58. The zero-order valence-corrected chi connectivity index (χ0v) is 11.4. The zero-order chi connectivity index (χ0) is 13.0. The van der Waals surface area contributed by atoms with E-state index in [0.29, 0.717) is 0 Å². The molecule has 0 spiro atoms. The van der Waals surface area contributed by atoms with Crippen LogP contribution in [0, 0.1) is 24.2 Å². The maximum absolute atomic E-state index is 8.89. The molecule has 0 amide bonds. The van der Waals surface area contributed by atoms with Crippen LogP contribution < -0.4 is 0 Å². The van der Waals surface area contributed by atoms with Gasteiger partial charge in [-0.25, -0.2) is 0 Å². The molecular weight excluding hydrogens is 220 g/mol. The summed E-state index contributed by atoms with van der Waals surface area (Å²) >= 11 is 0. The lowest BCUT2D eigenvalue weighted by atomic mass is 10.0. The van der Waals surface area contributed by atoms with Crippen molar-refractivity contribution < 1.29 is 0 Å². The Labute approximate surface area is 110 Å². The minimum atomic E-state index is 0.764. The van der Waals surface area contributed by atoms with Gasteiger partial charge in [0.15, 0.2) is 0 Å². The smallest absolute Gasteiger partial charge is 0.0991 e. The third-order valence-corrected chi connectivity index (χ3v) is 3.62. The topological polar surface area (TPSA) is 27.0 Å². The molecule has 2 nitrogen and oxygen atoms in total. The molecule has 0 atom stereocenters. The van der Waals surface area contributed by atoms with Gasteiger partial charge in [-0.2, -0.15) is 5.26 Å². The van der Waals surface area contributed by atoms with Gasteiger partial charge < -0.3 is 0 Å². The Kier molecular flexibility index (Phi) is 4.38. The predicted octanol–water partition coefficient (Wildman–Crippen LogP) is 3.49. The molecule has 0 aromatic heterocycles. The zero-order valence-electron chi connectivity index (χ0n) is 11.4. The molecule has 0 radical (unpaired) electrons. The van der Waals surface area contributed by atoms with Crippen molar-refractivity contribution in [2.24, 2.45) is 5.92 Å². The summed E-state index contributed by atoms with van der Waals surface area (Å²) in [6.07, 6.45) is 4.03. The highest BCUT2D eigenvalue weighted by Gasteiger charge is 2.24. The van der Waals surface area contributed by atoms with Crippen LogP contribution in [0.25, 0.3) is 0 Å². The number of nitriles is 1. The summed E-state index contributed by atoms with van der Waals surface area (Å²) < 4.78 is 0. The summed E-state index contributed by atoms with van der Waals surface area (Å²) in [4.78, 5) is 2.56. The second-order valence-electron chi connectivity index (χ2n) is 5.43. The van der Waals surface area contributed by atoms with Gasteiger partial charge in [0, 0.05) is 13.1 Å². The van der Waals surface area contributed by atoms with Gasteiger partial charge in [-0.15, -0.1) is 0 Å². The number of nitrogens with zero attached hydrogens (tertiary/aromatic N) is 2. The van der Waals surface area contributed by atoms with Crippen molar-refractivity contribution in [2.45, 2.75) is 39.7 Å². The molecule has 1 saturated carbocycles. The summed E-state index contributed by atoms with van der Waals surface area (Å²) in [7, 11) is 0. The third-order valence-electron chi connectivity index (χ3n) is 3.62. The van der Waals surface area contributed by atoms with Crippen LogP contribution in [0.2, 0.25) is 0 Å². The van der Waals surface area contributed by atoms with Crippen molar-refractivity contribution in [1.82, 2.24) is 4.90 Å². The highest BCUT2D eigenvalue weighted by atomic mass is 15.1. The Morgan fingerprint density at radius 1 is 1.39 bits per heavy atom. The summed E-state index contributed by atoms with van der Waals surface area (Å²) in [5.74, 6) is 0.940. The van der Waals surface area contributed by atoms with Crippen LogP contribution in [0.15, 0.2) is 18.2 Å². The van der Waals surface area contributed by atoms with E-state index >= 15 is 0 Å². The number of rotatable bonds is 6. The van der Waals surface area contributed by atoms with Crippen molar-refractivity contribution in [2.75, 3.05) is 13.1 Å². The molecule has 96 valence electrons. The fourth-order valence-corrected chi connectivity index (χ4v) is 2.40. The molecule has 0 bridgehead atoms. The Morgan fingerprint density at radius 3 is 2.72 bits per heavy atom. The van der Waals surface area contributed by atoms with Gasteiger partial charge in [-0.1, -0.05) is 13.0 Å². The summed E-state index contributed by atoms with van der Waals surface area (Å²) in [5, 5.41) is 8.89. The van der Waals surface area contributed by atoms with Crippen LogP contribution in [0.5, 0.6) is 0 Å². The molecule has 2 rings (SSSR count). The first-order valence-corrected chi connectivity index (χ1v) is 6.95. The van der Waals surface area contributed by atoms with Crippen molar-refractivity contribution in [3.63, 3.8) is 0 Å². The van der Waals surface area contributed by atoms with E-state index in [1.54, 1.807) is 0 Å². The molecule has 0 aliphatic heterocycles. The fraction of sp³-hybridized carbons (Fsp3) is 0.562. The molecule has 1 fully saturated rings. The van der Waals surface area contributed by atoms with Crippen LogP contribution in [-0.2, 0) is 6.54 Å². The van der Waals surface area contributed by atoms with E-state index in [2.05, 4.69) is 30.9 Å². The van der Waals surface area contributed by atoms with Crippen LogP contribution in [0.3, 0.4) is 0 Å². The van der Waals surface area contributed by atoms with Gasteiger partial charge in [0.25, 0.3) is 0 Å². The van der Waals surface area contributed by atoms with E-state index in [1.807, 2.05) is 12.1 Å². The first-order chi connectivity index (χ1) is 8.72. The minimum absolute atomic E-state index is 0.764. The molecule has 0 unspecified atom stereocenters. The average molecular weight is 242 g/mol. The second kappa shape index (κ2) is 6.02. The molecule has 1 aliphatic carbocycles. The Morgan fingerprint density at radius 2 is 2.17 bits per heavy atom. The first-order valence-electron chi connectivity index (χ1n) is 6.95. The number of hydrogen-bond acceptors (Lipinski definition) is 2. The Bertz CT molecular complexity index is 441. The molecule has 0 heterocycles. The first kappa shape index (κ1) is 13.1. The van der Waals surface area contributed by atoms with E-state index < -0.39 is 0 Å². The van der Waals surface area contributed by atoms with Gasteiger partial charge in [-0.05, 0) is 61.9 Å². The largest absolute Gasteiger partial charge is 0.299 e. The number of aryl methyl sites for hydroxylation is 1. The lowest BCUT2D eigenvalue weighted by Crippen LogP contribution is -2.26. The molecule has 1 aliphatic rings. The van der Waals surface area contributed by atoms with E-state index in [0.717, 1.165) is 18.0 Å². The van der Waals surface area contributed by atoms with Crippen LogP contribution in [-0.4, -0.2) is 18.0 Å². The minimum Gasteiger partial charge on any atom is -0.299 e. The van der Waals surface area contributed by atoms with Gasteiger partial charge in [0.2, 0.25) is 0 Å². The molecule has 0 saturated heterocycles. The van der Waals surface area contributed by atoms with Crippen LogP contribution >= 0.6 is 0 Å². The Hall–Kier alpha value is -1.33. The normalized spacial score (nSPS) is 14.8. The SMILES string of the molecule is CCCN(Cc1ccc(C#N)cc1C)CC1CC1. The second-order valence-corrected chi connectivity index (χ2v) is 5.43. The summed E-state index contributed by atoms with van der Waals surface area (Å²) in [6, 6.07) is 8.25. The number of hydrogen-bond donors (Lipinski definition) is 0. The lowest BCUT2D eigenvalue weighted by Gasteiger charge is -2.22.